The molecule has 0 saturated heterocycles. The smallest absolute Gasteiger partial charge is 0.225 e. The highest BCUT2D eigenvalue weighted by atomic mass is 32.2. The summed E-state index contributed by atoms with van der Waals surface area (Å²) in [6.07, 6.45) is 1.15. The van der Waals surface area contributed by atoms with Gasteiger partial charge in [0, 0.05) is 18.8 Å². The maximum absolute atomic E-state index is 12.1. The second kappa shape index (κ2) is 7.61. The van der Waals surface area contributed by atoms with Crippen LogP contribution in [0.3, 0.4) is 0 Å². The van der Waals surface area contributed by atoms with E-state index in [1.165, 1.54) is 0 Å². The third-order valence-electron chi connectivity index (χ3n) is 3.97. The fourth-order valence-electron chi connectivity index (χ4n) is 2.72. The Labute approximate surface area is 145 Å². The van der Waals surface area contributed by atoms with Gasteiger partial charge in [-0.1, -0.05) is 17.8 Å². The largest absolute Gasteiger partial charge is 0.493 e. The molecule has 0 aliphatic carbocycles. The lowest BCUT2D eigenvalue weighted by atomic mass is 10.1. The number of fused-ring (bicyclic) bond motifs is 1. The van der Waals surface area contributed by atoms with Crippen LogP contribution in [0.25, 0.3) is 0 Å². The van der Waals surface area contributed by atoms with Crippen LogP contribution < -0.4 is 14.8 Å². The van der Waals surface area contributed by atoms with Crippen molar-refractivity contribution in [2.75, 3.05) is 33.9 Å². The molecule has 0 aromatic heterocycles. The van der Waals surface area contributed by atoms with Crippen molar-refractivity contribution in [2.24, 2.45) is 4.99 Å². The second-order valence-corrected chi connectivity index (χ2v) is 6.35. The Hall–Kier alpha value is -2.15. The Morgan fingerprint density at radius 1 is 1.33 bits per heavy atom. The van der Waals surface area contributed by atoms with E-state index in [1.807, 2.05) is 23.6 Å². The number of carbonyl (C=O) groups excluding carboxylic acids is 1. The molecular formula is C17H21N3O3S. The van der Waals surface area contributed by atoms with E-state index in [4.69, 9.17) is 9.47 Å². The van der Waals surface area contributed by atoms with Gasteiger partial charge in [0.25, 0.3) is 0 Å². The van der Waals surface area contributed by atoms with Crippen LogP contribution in [0.15, 0.2) is 34.3 Å². The van der Waals surface area contributed by atoms with Crippen molar-refractivity contribution in [3.8, 4) is 11.5 Å². The van der Waals surface area contributed by atoms with Crippen molar-refractivity contribution in [1.82, 2.24) is 10.2 Å². The molecule has 0 spiro atoms. The van der Waals surface area contributed by atoms with Crippen molar-refractivity contribution in [1.29, 1.82) is 0 Å². The highest BCUT2D eigenvalue weighted by Crippen LogP contribution is 2.30. The quantitative estimate of drug-likeness (QED) is 0.817. The molecule has 2 aliphatic heterocycles. The number of amides is 1. The summed E-state index contributed by atoms with van der Waals surface area (Å²) < 4.78 is 10.5. The van der Waals surface area contributed by atoms with Gasteiger partial charge in [0.2, 0.25) is 5.91 Å². The number of carbonyl (C=O) groups is 1. The lowest BCUT2D eigenvalue weighted by Gasteiger charge is -2.16. The van der Waals surface area contributed by atoms with Gasteiger partial charge >= 0.3 is 0 Å². The summed E-state index contributed by atoms with van der Waals surface area (Å²) >= 11 is 1.60. The van der Waals surface area contributed by atoms with E-state index in [0.717, 1.165) is 35.9 Å². The lowest BCUT2D eigenvalue weighted by Crippen LogP contribution is -2.29. The molecule has 0 saturated carbocycles. The number of benzene rings is 1. The minimum Gasteiger partial charge on any atom is -0.493 e. The molecule has 6 nitrogen and oxygen atoms in total. The molecule has 1 N–H and O–H groups in total. The number of methoxy groups -OCH3 is 2. The number of rotatable bonds is 7. The topological polar surface area (TPSA) is 63.2 Å². The molecule has 1 aromatic carbocycles. The van der Waals surface area contributed by atoms with Crippen LogP contribution in [-0.2, 0) is 11.2 Å². The van der Waals surface area contributed by atoms with E-state index >= 15 is 0 Å². The van der Waals surface area contributed by atoms with Gasteiger partial charge in [0.1, 0.15) is 0 Å². The Morgan fingerprint density at radius 3 is 2.96 bits per heavy atom. The van der Waals surface area contributed by atoms with E-state index in [0.29, 0.717) is 24.5 Å². The predicted molar refractivity (Wildman–Crippen MR) is 95.6 cm³/mol. The van der Waals surface area contributed by atoms with Crippen LogP contribution in [0.4, 0.5) is 0 Å². The van der Waals surface area contributed by atoms with Gasteiger partial charge in [-0.25, -0.2) is 0 Å². The van der Waals surface area contributed by atoms with Crippen molar-refractivity contribution in [3.63, 3.8) is 0 Å². The van der Waals surface area contributed by atoms with Gasteiger partial charge in [-0.05, 0) is 29.5 Å². The first-order valence-electron chi connectivity index (χ1n) is 7.86. The minimum atomic E-state index is 0.0375. The molecule has 128 valence electrons. The van der Waals surface area contributed by atoms with Gasteiger partial charge in [0.05, 0.1) is 27.2 Å². The number of nitrogens with zero attached hydrogens (tertiary/aromatic N) is 2. The third-order valence-corrected chi connectivity index (χ3v) is 4.92. The summed E-state index contributed by atoms with van der Waals surface area (Å²) in [5.74, 6) is 1.45. The number of thioether (sulfide) groups is 1. The van der Waals surface area contributed by atoms with E-state index in [2.05, 4.69) is 15.2 Å². The zero-order valence-electron chi connectivity index (χ0n) is 13.9. The van der Waals surface area contributed by atoms with Gasteiger partial charge in [-0.15, -0.1) is 0 Å². The number of amidine groups is 1. The molecule has 0 fully saturated rings. The van der Waals surface area contributed by atoms with Gasteiger partial charge in [-0.2, -0.15) is 0 Å². The standard InChI is InChI=1S/C17H21N3O3S/c1-22-14-4-3-12(9-15(14)23-2)5-6-18-16(21)10-13-11-24-17-19-7-8-20(13)17/h3-4,9,11H,5-8,10H2,1-2H3,(H,18,21). The van der Waals surface area contributed by atoms with Crippen molar-refractivity contribution in [3.05, 3.63) is 34.9 Å². The Kier molecular flexibility index (Phi) is 5.30. The fourth-order valence-corrected chi connectivity index (χ4v) is 3.68. The first-order chi connectivity index (χ1) is 11.7. The summed E-state index contributed by atoms with van der Waals surface area (Å²) in [5.41, 5.74) is 2.14. The van der Waals surface area contributed by atoms with Gasteiger partial charge in [0.15, 0.2) is 16.7 Å². The first kappa shape index (κ1) is 16.7. The van der Waals surface area contributed by atoms with Gasteiger partial charge in [-0.3, -0.25) is 9.79 Å². The van der Waals surface area contributed by atoms with E-state index in [-0.39, 0.29) is 5.91 Å². The molecule has 3 rings (SSSR count). The maximum atomic E-state index is 12.1. The van der Waals surface area contributed by atoms with E-state index < -0.39 is 0 Å². The number of aliphatic imine (C=N–C) groups is 1. The molecule has 2 heterocycles. The Bertz CT molecular complexity index is 688. The van der Waals surface area contributed by atoms with Gasteiger partial charge < -0.3 is 19.7 Å². The summed E-state index contributed by atoms with van der Waals surface area (Å²) in [5, 5.41) is 6.01. The van der Waals surface area contributed by atoms with Crippen LogP contribution >= 0.6 is 11.8 Å². The maximum Gasteiger partial charge on any atom is 0.225 e. The SMILES string of the molecule is COc1ccc(CCNC(=O)CC2=CSC3=NCCN23)cc1OC. The lowest BCUT2D eigenvalue weighted by molar-refractivity contribution is -0.120. The molecule has 0 atom stereocenters. The monoisotopic (exact) mass is 347 g/mol. The number of hydrogen-bond donors (Lipinski definition) is 1. The predicted octanol–water partition coefficient (Wildman–Crippen LogP) is 2.01. The highest BCUT2D eigenvalue weighted by Gasteiger charge is 2.27. The van der Waals surface area contributed by atoms with Crippen LogP contribution in [-0.4, -0.2) is 49.8 Å². The Morgan fingerprint density at radius 2 is 2.17 bits per heavy atom. The van der Waals surface area contributed by atoms with Crippen molar-refractivity contribution < 1.29 is 14.3 Å². The number of ether oxygens (including phenoxy) is 2. The summed E-state index contributed by atoms with van der Waals surface area (Å²) in [4.78, 5) is 18.6. The molecule has 0 radical (unpaired) electrons. The first-order valence-corrected chi connectivity index (χ1v) is 8.74. The molecule has 0 unspecified atom stereocenters. The highest BCUT2D eigenvalue weighted by molar-refractivity contribution is 8.16. The number of nitrogens with one attached hydrogen (secondary N) is 1. The summed E-state index contributed by atoms with van der Waals surface area (Å²) in [6, 6.07) is 5.80. The third kappa shape index (κ3) is 3.67. The molecule has 1 amide bonds. The zero-order chi connectivity index (χ0) is 16.9. The minimum absolute atomic E-state index is 0.0375. The summed E-state index contributed by atoms with van der Waals surface area (Å²) in [7, 11) is 3.23. The second-order valence-electron chi connectivity index (χ2n) is 5.51. The van der Waals surface area contributed by atoms with E-state index in [9.17, 15) is 4.79 Å². The van der Waals surface area contributed by atoms with E-state index in [1.54, 1.807) is 26.0 Å². The average molecular weight is 347 g/mol. The van der Waals surface area contributed by atoms with Crippen LogP contribution in [0.1, 0.15) is 12.0 Å². The Balaban J connectivity index is 1.46. The average Bonchev–Trinajstić information content (AvgIpc) is 3.20. The molecule has 24 heavy (non-hydrogen) atoms. The fraction of sp³-hybridized carbons (Fsp3) is 0.412. The van der Waals surface area contributed by atoms with Crippen molar-refractivity contribution in [2.45, 2.75) is 12.8 Å². The van der Waals surface area contributed by atoms with Crippen LogP contribution in [0.2, 0.25) is 0 Å². The van der Waals surface area contributed by atoms with Crippen LogP contribution in [0, 0.1) is 0 Å². The summed E-state index contributed by atoms with van der Waals surface area (Å²) in [6.45, 7) is 2.30. The molecule has 1 aromatic rings. The zero-order valence-corrected chi connectivity index (χ0v) is 14.7. The molecule has 0 bridgehead atoms. The molecule has 7 heteroatoms. The number of hydrogen-bond acceptors (Lipinski definition) is 6. The van der Waals surface area contributed by atoms with Crippen LogP contribution in [0.5, 0.6) is 11.5 Å². The van der Waals surface area contributed by atoms with Crippen molar-refractivity contribution >= 4 is 22.8 Å². The normalized spacial score (nSPS) is 15.7. The molecular weight excluding hydrogens is 326 g/mol. The molecule has 2 aliphatic rings.